The molecular weight excluding hydrogens is 394 g/mol. The third-order valence-electron chi connectivity index (χ3n) is 6.28. The Bertz CT molecular complexity index is 1020. The van der Waals surface area contributed by atoms with Crippen molar-refractivity contribution in [3.63, 3.8) is 0 Å². The van der Waals surface area contributed by atoms with E-state index in [4.69, 9.17) is 9.47 Å². The highest BCUT2D eigenvalue weighted by molar-refractivity contribution is 5.88. The van der Waals surface area contributed by atoms with Gasteiger partial charge in [-0.2, -0.15) is 0 Å². The van der Waals surface area contributed by atoms with Crippen LogP contribution in [-0.2, 0) is 11.2 Å². The van der Waals surface area contributed by atoms with Crippen molar-refractivity contribution < 1.29 is 9.47 Å². The molecule has 0 aromatic heterocycles. The molecule has 2 aliphatic rings. The molecule has 2 aromatic carbocycles. The lowest BCUT2D eigenvalue weighted by molar-refractivity contribution is 0.0322. The van der Waals surface area contributed by atoms with Crippen molar-refractivity contribution in [1.29, 1.82) is 0 Å². The molecule has 32 heavy (non-hydrogen) atoms. The quantitative estimate of drug-likeness (QED) is 0.501. The molecule has 166 valence electrons. The number of morpholine rings is 1. The van der Waals surface area contributed by atoms with Crippen molar-refractivity contribution in [2.45, 2.75) is 19.8 Å². The summed E-state index contributed by atoms with van der Waals surface area (Å²) in [5.74, 6) is 0.953. The zero-order valence-electron chi connectivity index (χ0n) is 19.1. The van der Waals surface area contributed by atoms with Gasteiger partial charge in [-0.15, -0.1) is 0 Å². The van der Waals surface area contributed by atoms with Gasteiger partial charge in [0.25, 0.3) is 0 Å². The molecule has 0 amide bonds. The minimum absolute atomic E-state index is 0.702. The van der Waals surface area contributed by atoms with E-state index in [1.807, 2.05) is 12.2 Å². The maximum atomic E-state index is 6.13. The minimum Gasteiger partial charge on any atom is -0.492 e. The van der Waals surface area contributed by atoms with Gasteiger partial charge in [-0.05, 0) is 65.3 Å². The summed E-state index contributed by atoms with van der Waals surface area (Å²) in [4.78, 5) is 2.40. The van der Waals surface area contributed by atoms with Crippen molar-refractivity contribution in [3.8, 4) is 5.75 Å². The zero-order valence-corrected chi connectivity index (χ0v) is 19.1. The van der Waals surface area contributed by atoms with Gasteiger partial charge in [0.05, 0.1) is 13.2 Å². The molecule has 3 nitrogen and oxygen atoms in total. The summed E-state index contributed by atoms with van der Waals surface area (Å²) >= 11 is 0. The SMILES string of the molecule is C=C/C=C(\C=C)C1=C(c2ccc(C)cc2)c2ccc(OCCN3CCOCC3)cc2CC1. The number of ether oxygens (including phenoxy) is 2. The smallest absolute Gasteiger partial charge is 0.119 e. The van der Waals surface area contributed by atoms with E-state index in [0.717, 1.165) is 57.0 Å². The van der Waals surface area contributed by atoms with E-state index in [9.17, 15) is 0 Å². The molecule has 2 aromatic rings. The van der Waals surface area contributed by atoms with E-state index in [1.165, 1.54) is 33.4 Å². The van der Waals surface area contributed by atoms with Gasteiger partial charge in [-0.3, -0.25) is 4.90 Å². The summed E-state index contributed by atoms with van der Waals surface area (Å²) in [5, 5.41) is 0. The fraction of sp³-hybridized carbons (Fsp3) is 0.310. The molecule has 0 atom stereocenters. The predicted molar refractivity (Wildman–Crippen MR) is 133 cm³/mol. The Morgan fingerprint density at radius 1 is 1.06 bits per heavy atom. The number of fused-ring (bicyclic) bond motifs is 1. The van der Waals surface area contributed by atoms with Gasteiger partial charge in [0, 0.05) is 19.6 Å². The second kappa shape index (κ2) is 10.6. The van der Waals surface area contributed by atoms with E-state index in [0.29, 0.717) is 6.61 Å². The van der Waals surface area contributed by atoms with E-state index in [1.54, 1.807) is 0 Å². The summed E-state index contributed by atoms with van der Waals surface area (Å²) in [6.45, 7) is 15.3. The number of hydrogen-bond acceptors (Lipinski definition) is 3. The van der Waals surface area contributed by atoms with Crippen LogP contribution in [0.4, 0.5) is 0 Å². The minimum atomic E-state index is 0.702. The van der Waals surface area contributed by atoms with Crippen molar-refractivity contribution >= 4 is 5.57 Å². The van der Waals surface area contributed by atoms with Crippen LogP contribution in [0.3, 0.4) is 0 Å². The van der Waals surface area contributed by atoms with E-state index < -0.39 is 0 Å². The van der Waals surface area contributed by atoms with Crippen molar-refractivity contribution in [1.82, 2.24) is 4.90 Å². The Kier molecular flexibility index (Phi) is 7.41. The van der Waals surface area contributed by atoms with Crippen LogP contribution < -0.4 is 4.74 Å². The molecule has 0 bridgehead atoms. The molecule has 0 unspecified atom stereocenters. The van der Waals surface area contributed by atoms with Crippen LogP contribution in [0.2, 0.25) is 0 Å². The Labute approximate surface area is 192 Å². The molecule has 0 N–H and O–H groups in total. The molecule has 1 heterocycles. The molecule has 1 saturated heterocycles. The number of allylic oxidation sites excluding steroid dienone is 5. The van der Waals surface area contributed by atoms with E-state index >= 15 is 0 Å². The van der Waals surface area contributed by atoms with Crippen LogP contribution >= 0.6 is 0 Å². The van der Waals surface area contributed by atoms with Gasteiger partial charge in [0.2, 0.25) is 0 Å². The van der Waals surface area contributed by atoms with Crippen LogP contribution in [0.1, 0.15) is 28.7 Å². The number of rotatable bonds is 8. The second-order valence-corrected chi connectivity index (χ2v) is 8.40. The largest absolute Gasteiger partial charge is 0.492 e. The van der Waals surface area contributed by atoms with Crippen LogP contribution in [0.15, 0.2) is 85.0 Å². The standard InChI is InChI=1S/C29H33NO2/c1-4-6-23(5-2)27-13-11-25-21-26(32-20-17-30-15-18-31-19-16-30)12-14-28(25)29(27)24-9-7-22(3)8-10-24/h4-10,12,14,21H,1-2,11,13,15-20H2,3H3/b23-6+. The number of nitrogens with zero attached hydrogens (tertiary/aromatic N) is 1. The molecule has 0 spiro atoms. The Morgan fingerprint density at radius 2 is 1.84 bits per heavy atom. The van der Waals surface area contributed by atoms with Crippen molar-refractivity contribution in [2.24, 2.45) is 0 Å². The molecular formula is C29H33NO2. The van der Waals surface area contributed by atoms with Gasteiger partial charge >= 0.3 is 0 Å². The monoisotopic (exact) mass is 427 g/mol. The number of hydrogen-bond donors (Lipinski definition) is 0. The fourth-order valence-electron chi connectivity index (χ4n) is 4.53. The molecule has 1 aliphatic heterocycles. The lowest BCUT2D eigenvalue weighted by Crippen LogP contribution is -2.38. The Balaban J connectivity index is 1.62. The first kappa shape index (κ1) is 22.3. The molecule has 1 fully saturated rings. The van der Waals surface area contributed by atoms with Crippen LogP contribution in [0, 0.1) is 6.92 Å². The van der Waals surface area contributed by atoms with Crippen molar-refractivity contribution in [3.05, 3.63) is 107 Å². The Morgan fingerprint density at radius 3 is 2.56 bits per heavy atom. The normalized spacial score (nSPS) is 17.1. The fourth-order valence-corrected chi connectivity index (χ4v) is 4.53. The van der Waals surface area contributed by atoms with Crippen LogP contribution in [-0.4, -0.2) is 44.4 Å². The number of benzene rings is 2. The highest BCUT2D eigenvalue weighted by Crippen LogP contribution is 2.40. The maximum absolute atomic E-state index is 6.13. The highest BCUT2D eigenvalue weighted by Gasteiger charge is 2.22. The number of aryl methyl sites for hydroxylation is 2. The Hall–Kier alpha value is -2.88. The first-order chi connectivity index (χ1) is 15.7. The van der Waals surface area contributed by atoms with Gasteiger partial charge in [-0.25, -0.2) is 0 Å². The summed E-state index contributed by atoms with van der Waals surface area (Å²) < 4.78 is 11.6. The summed E-state index contributed by atoms with van der Waals surface area (Å²) in [7, 11) is 0. The second-order valence-electron chi connectivity index (χ2n) is 8.40. The first-order valence-electron chi connectivity index (χ1n) is 11.5. The van der Waals surface area contributed by atoms with Gasteiger partial charge in [0.1, 0.15) is 12.4 Å². The molecule has 1 aliphatic carbocycles. The third-order valence-corrected chi connectivity index (χ3v) is 6.28. The predicted octanol–water partition coefficient (Wildman–Crippen LogP) is 5.75. The van der Waals surface area contributed by atoms with Gasteiger partial charge in [0.15, 0.2) is 0 Å². The molecule has 0 saturated carbocycles. The molecule has 3 heteroatoms. The van der Waals surface area contributed by atoms with E-state index in [2.05, 4.69) is 73.5 Å². The van der Waals surface area contributed by atoms with Crippen LogP contribution in [0.5, 0.6) is 5.75 Å². The lowest BCUT2D eigenvalue weighted by atomic mass is 9.79. The lowest BCUT2D eigenvalue weighted by Gasteiger charge is -2.27. The molecule has 0 radical (unpaired) electrons. The van der Waals surface area contributed by atoms with Gasteiger partial charge in [-0.1, -0.05) is 67.3 Å². The maximum Gasteiger partial charge on any atom is 0.119 e. The summed E-state index contributed by atoms with van der Waals surface area (Å²) in [6.07, 6.45) is 7.81. The van der Waals surface area contributed by atoms with Crippen LogP contribution in [0.25, 0.3) is 5.57 Å². The average Bonchev–Trinajstić information content (AvgIpc) is 2.83. The summed E-state index contributed by atoms with van der Waals surface area (Å²) in [6, 6.07) is 15.4. The first-order valence-corrected chi connectivity index (χ1v) is 11.5. The topological polar surface area (TPSA) is 21.7 Å². The van der Waals surface area contributed by atoms with E-state index in [-0.39, 0.29) is 0 Å². The third kappa shape index (κ3) is 5.12. The molecule has 4 rings (SSSR count). The summed E-state index contributed by atoms with van der Waals surface area (Å²) in [5.41, 5.74) is 8.90. The highest BCUT2D eigenvalue weighted by atomic mass is 16.5. The zero-order chi connectivity index (χ0) is 22.3. The average molecular weight is 428 g/mol. The van der Waals surface area contributed by atoms with Crippen molar-refractivity contribution in [2.75, 3.05) is 39.5 Å². The van der Waals surface area contributed by atoms with Gasteiger partial charge < -0.3 is 9.47 Å².